The molecule has 4 N–H and O–H groups in total. The van der Waals surface area contributed by atoms with Crippen LogP contribution in [-0.4, -0.2) is 16.0 Å². The molecule has 21 heavy (non-hydrogen) atoms. The van der Waals surface area contributed by atoms with Crippen LogP contribution in [0, 0.1) is 13.8 Å². The Morgan fingerprint density at radius 3 is 2.62 bits per heavy atom. The minimum atomic E-state index is 0.00665. The second kappa shape index (κ2) is 6.58. The molecule has 0 saturated carbocycles. The topological polar surface area (TPSA) is 83.5 Å². The standard InChI is InChI=1S/C15H17BrN4O/c1-9-5-12(6-10(2)14(9)16)19-8-11-3-4-18-13(7-11)15(17)20-21/h3-7,19,21H,8H2,1-2H3,(H2,17,20). The van der Waals surface area contributed by atoms with Crippen LogP contribution in [0.2, 0.25) is 0 Å². The van der Waals surface area contributed by atoms with E-state index < -0.39 is 0 Å². The predicted molar refractivity (Wildman–Crippen MR) is 87.7 cm³/mol. The van der Waals surface area contributed by atoms with Crippen LogP contribution in [0.3, 0.4) is 0 Å². The van der Waals surface area contributed by atoms with Crippen molar-refractivity contribution >= 4 is 27.5 Å². The number of nitrogens with two attached hydrogens (primary N) is 1. The summed E-state index contributed by atoms with van der Waals surface area (Å²) < 4.78 is 1.13. The van der Waals surface area contributed by atoms with Crippen LogP contribution in [0.15, 0.2) is 40.1 Å². The number of amidine groups is 1. The maximum absolute atomic E-state index is 8.68. The third kappa shape index (κ3) is 3.72. The lowest BCUT2D eigenvalue weighted by molar-refractivity contribution is 0.318. The summed E-state index contributed by atoms with van der Waals surface area (Å²) in [5, 5.41) is 15.0. The van der Waals surface area contributed by atoms with E-state index in [1.54, 1.807) is 12.3 Å². The van der Waals surface area contributed by atoms with Crippen molar-refractivity contribution in [3.8, 4) is 0 Å². The summed E-state index contributed by atoms with van der Waals surface area (Å²) in [4.78, 5) is 4.06. The highest BCUT2D eigenvalue weighted by Gasteiger charge is 2.04. The van der Waals surface area contributed by atoms with E-state index in [0.717, 1.165) is 15.7 Å². The molecule has 0 atom stereocenters. The molecule has 0 amide bonds. The van der Waals surface area contributed by atoms with E-state index in [1.807, 2.05) is 6.07 Å². The summed E-state index contributed by atoms with van der Waals surface area (Å²) in [6.07, 6.45) is 1.64. The van der Waals surface area contributed by atoms with Gasteiger partial charge in [0, 0.05) is 22.9 Å². The number of hydrogen-bond donors (Lipinski definition) is 3. The van der Waals surface area contributed by atoms with Gasteiger partial charge in [-0.3, -0.25) is 4.98 Å². The summed E-state index contributed by atoms with van der Waals surface area (Å²) >= 11 is 3.56. The number of nitrogens with zero attached hydrogens (tertiary/aromatic N) is 2. The molecule has 0 unspecified atom stereocenters. The van der Waals surface area contributed by atoms with Gasteiger partial charge < -0.3 is 16.3 Å². The quantitative estimate of drug-likeness (QED) is 0.343. The smallest absolute Gasteiger partial charge is 0.188 e. The van der Waals surface area contributed by atoms with Crippen molar-refractivity contribution in [2.45, 2.75) is 20.4 Å². The third-order valence-corrected chi connectivity index (χ3v) is 4.38. The Bertz CT molecular complexity index is 662. The highest BCUT2D eigenvalue weighted by Crippen LogP contribution is 2.25. The Hall–Kier alpha value is -2.08. The van der Waals surface area contributed by atoms with Crippen molar-refractivity contribution in [3.05, 3.63) is 57.3 Å². The van der Waals surface area contributed by atoms with Gasteiger partial charge in [-0.1, -0.05) is 21.1 Å². The molecule has 110 valence electrons. The second-order valence-electron chi connectivity index (χ2n) is 4.81. The molecule has 2 aromatic rings. The maximum atomic E-state index is 8.68. The molecule has 0 aliphatic carbocycles. The number of rotatable bonds is 4. The summed E-state index contributed by atoms with van der Waals surface area (Å²) in [6.45, 7) is 4.76. The highest BCUT2D eigenvalue weighted by atomic mass is 79.9. The minimum absolute atomic E-state index is 0.00665. The van der Waals surface area contributed by atoms with Gasteiger partial charge in [0.1, 0.15) is 5.69 Å². The van der Waals surface area contributed by atoms with E-state index in [0.29, 0.717) is 12.2 Å². The third-order valence-electron chi connectivity index (χ3n) is 3.13. The Labute approximate surface area is 132 Å². The van der Waals surface area contributed by atoms with Gasteiger partial charge in [0.05, 0.1) is 0 Å². The number of halogens is 1. The van der Waals surface area contributed by atoms with Crippen molar-refractivity contribution in [1.82, 2.24) is 4.98 Å². The van der Waals surface area contributed by atoms with E-state index in [9.17, 15) is 0 Å². The van der Waals surface area contributed by atoms with Gasteiger partial charge in [0.25, 0.3) is 0 Å². The Morgan fingerprint density at radius 1 is 1.33 bits per heavy atom. The van der Waals surface area contributed by atoms with Gasteiger partial charge in [-0.15, -0.1) is 0 Å². The zero-order chi connectivity index (χ0) is 15.4. The SMILES string of the molecule is Cc1cc(NCc2ccnc(/C(N)=N/O)c2)cc(C)c1Br. The first-order valence-corrected chi connectivity index (χ1v) is 7.24. The first-order chi connectivity index (χ1) is 10.0. The average molecular weight is 349 g/mol. The molecule has 1 aromatic heterocycles. The maximum Gasteiger partial charge on any atom is 0.188 e. The highest BCUT2D eigenvalue weighted by molar-refractivity contribution is 9.10. The molecular weight excluding hydrogens is 332 g/mol. The van der Waals surface area contributed by atoms with Gasteiger partial charge in [-0.2, -0.15) is 0 Å². The number of benzene rings is 1. The lowest BCUT2D eigenvalue weighted by atomic mass is 10.1. The Kier molecular flexibility index (Phi) is 4.80. The predicted octanol–water partition coefficient (Wildman–Crippen LogP) is 3.17. The first-order valence-electron chi connectivity index (χ1n) is 6.44. The zero-order valence-corrected chi connectivity index (χ0v) is 13.5. The lowest BCUT2D eigenvalue weighted by Gasteiger charge is -2.11. The fourth-order valence-corrected chi connectivity index (χ4v) is 2.26. The Balaban J connectivity index is 2.13. The second-order valence-corrected chi connectivity index (χ2v) is 5.61. The molecule has 0 radical (unpaired) electrons. The van der Waals surface area contributed by atoms with Crippen LogP contribution in [0.4, 0.5) is 5.69 Å². The molecule has 1 aromatic carbocycles. The number of pyridine rings is 1. The number of aryl methyl sites for hydroxylation is 2. The molecule has 2 rings (SSSR count). The molecule has 0 bridgehead atoms. The van der Waals surface area contributed by atoms with Gasteiger partial charge in [0.2, 0.25) is 0 Å². The van der Waals surface area contributed by atoms with E-state index >= 15 is 0 Å². The number of aromatic nitrogens is 1. The number of oxime groups is 1. The van der Waals surface area contributed by atoms with Crippen LogP contribution in [-0.2, 0) is 6.54 Å². The monoisotopic (exact) mass is 348 g/mol. The summed E-state index contributed by atoms with van der Waals surface area (Å²) in [7, 11) is 0. The molecule has 0 saturated heterocycles. The molecule has 1 heterocycles. The molecule has 5 nitrogen and oxygen atoms in total. The molecule has 0 fully saturated rings. The van der Waals surface area contributed by atoms with Crippen LogP contribution in [0.1, 0.15) is 22.4 Å². The van der Waals surface area contributed by atoms with E-state index in [2.05, 4.69) is 57.4 Å². The summed E-state index contributed by atoms with van der Waals surface area (Å²) in [5.41, 5.74) is 10.4. The first kappa shape index (κ1) is 15.3. The normalized spacial score (nSPS) is 11.5. The summed E-state index contributed by atoms with van der Waals surface area (Å²) in [5.74, 6) is 0.00665. The van der Waals surface area contributed by atoms with Crippen molar-refractivity contribution in [2.75, 3.05) is 5.32 Å². The molecular formula is C15H17BrN4O. The summed E-state index contributed by atoms with van der Waals surface area (Å²) in [6, 6.07) is 7.85. The van der Waals surface area contributed by atoms with Crippen LogP contribution < -0.4 is 11.1 Å². The minimum Gasteiger partial charge on any atom is -0.409 e. The van der Waals surface area contributed by atoms with Crippen LogP contribution >= 0.6 is 15.9 Å². The number of anilines is 1. The van der Waals surface area contributed by atoms with E-state index in [-0.39, 0.29) is 5.84 Å². The average Bonchev–Trinajstić information content (AvgIpc) is 2.50. The van der Waals surface area contributed by atoms with E-state index in [1.165, 1.54) is 11.1 Å². The van der Waals surface area contributed by atoms with Crippen LogP contribution in [0.25, 0.3) is 0 Å². The number of nitrogens with one attached hydrogen (secondary N) is 1. The zero-order valence-electron chi connectivity index (χ0n) is 11.9. The molecule has 0 aliphatic heterocycles. The van der Waals surface area contributed by atoms with Gasteiger partial charge in [-0.25, -0.2) is 0 Å². The van der Waals surface area contributed by atoms with Crippen molar-refractivity contribution < 1.29 is 5.21 Å². The lowest BCUT2D eigenvalue weighted by Crippen LogP contribution is -2.15. The molecule has 6 heteroatoms. The van der Waals surface area contributed by atoms with Gasteiger partial charge >= 0.3 is 0 Å². The molecule has 0 aliphatic rings. The van der Waals surface area contributed by atoms with Crippen molar-refractivity contribution in [2.24, 2.45) is 10.9 Å². The van der Waals surface area contributed by atoms with Crippen molar-refractivity contribution in [1.29, 1.82) is 0 Å². The van der Waals surface area contributed by atoms with Crippen LogP contribution in [0.5, 0.6) is 0 Å². The van der Waals surface area contributed by atoms with Crippen molar-refractivity contribution in [3.63, 3.8) is 0 Å². The fraction of sp³-hybridized carbons (Fsp3) is 0.200. The van der Waals surface area contributed by atoms with E-state index in [4.69, 9.17) is 10.9 Å². The van der Waals surface area contributed by atoms with Gasteiger partial charge in [-0.05, 0) is 54.8 Å². The Morgan fingerprint density at radius 2 is 2.00 bits per heavy atom. The number of hydrogen-bond acceptors (Lipinski definition) is 4. The molecule has 0 spiro atoms. The van der Waals surface area contributed by atoms with Gasteiger partial charge in [0.15, 0.2) is 5.84 Å². The largest absolute Gasteiger partial charge is 0.409 e. The fourth-order valence-electron chi connectivity index (χ4n) is 2.03.